The average molecular weight is 282 g/mol. The zero-order valence-electron chi connectivity index (χ0n) is 11.0. The second kappa shape index (κ2) is 5.96. The van der Waals surface area contributed by atoms with Crippen molar-refractivity contribution in [3.8, 4) is 0 Å². The lowest BCUT2D eigenvalue weighted by Gasteiger charge is -2.14. The number of nitrogens with zero attached hydrogens (tertiary/aromatic N) is 1. The van der Waals surface area contributed by atoms with Gasteiger partial charge in [-0.1, -0.05) is 0 Å². The van der Waals surface area contributed by atoms with Gasteiger partial charge in [-0.05, 0) is 25.5 Å². The topological polar surface area (TPSA) is 81.5 Å². The Balaban J connectivity index is 1.99. The zero-order chi connectivity index (χ0) is 14.7. The summed E-state index contributed by atoms with van der Waals surface area (Å²) in [5.41, 5.74) is -0.570. The van der Waals surface area contributed by atoms with E-state index in [9.17, 15) is 19.3 Å². The first kappa shape index (κ1) is 14.4. The summed E-state index contributed by atoms with van der Waals surface area (Å²) in [6.07, 6.45) is 0.958. The van der Waals surface area contributed by atoms with Crippen LogP contribution in [0, 0.1) is 21.8 Å². The third-order valence-corrected chi connectivity index (χ3v) is 3.46. The summed E-state index contributed by atoms with van der Waals surface area (Å²) in [6.45, 7) is 3.06. The van der Waals surface area contributed by atoms with Crippen molar-refractivity contribution >= 4 is 11.6 Å². The minimum atomic E-state index is -1.01. The Morgan fingerprint density at radius 3 is 2.90 bits per heavy atom. The lowest BCUT2D eigenvalue weighted by atomic mass is 10.0. The van der Waals surface area contributed by atoms with Gasteiger partial charge in [0.15, 0.2) is 0 Å². The normalized spacial score (nSPS) is 21.7. The molecule has 108 valence electrons. The number of nitro groups is 1. The van der Waals surface area contributed by atoms with Crippen LogP contribution in [0.15, 0.2) is 18.2 Å². The first-order valence-corrected chi connectivity index (χ1v) is 6.33. The molecule has 1 aromatic carbocycles. The molecule has 6 nitrogen and oxygen atoms in total. The zero-order valence-corrected chi connectivity index (χ0v) is 11.0. The van der Waals surface area contributed by atoms with Crippen LogP contribution in [0.1, 0.15) is 23.7 Å². The van der Waals surface area contributed by atoms with Crippen molar-refractivity contribution in [1.82, 2.24) is 5.32 Å². The smallest absolute Gasteiger partial charge is 0.304 e. The number of hydrogen-bond donors (Lipinski definition) is 1. The van der Waals surface area contributed by atoms with Gasteiger partial charge in [-0.3, -0.25) is 14.9 Å². The van der Waals surface area contributed by atoms with Crippen LogP contribution in [0.4, 0.5) is 10.1 Å². The molecule has 7 heteroatoms. The van der Waals surface area contributed by atoms with E-state index in [1.54, 1.807) is 0 Å². The molecule has 1 fully saturated rings. The molecule has 0 aliphatic carbocycles. The third-order valence-electron chi connectivity index (χ3n) is 3.46. The highest BCUT2D eigenvalue weighted by molar-refractivity contribution is 5.94. The number of rotatable bonds is 4. The Labute approximate surface area is 115 Å². The first-order valence-electron chi connectivity index (χ1n) is 6.33. The highest BCUT2D eigenvalue weighted by Gasteiger charge is 2.25. The standard InChI is InChI=1S/C13H15FN2O4/c1-8-10(4-5-20-8)7-15-13(17)9-2-3-12(16(18)19)11(14)6-9/h2-3,6,8,10H,4-5,7H2,1H3,(H,15,17). The average Bonchev–Trinajstić information content (AvgIpc) is 2.81. The molecule has 1 N–H and O–H groups in total. The second-order valence-electron chi connectivity index (χ2n) is 4.76. The summed E-state index contributed by atoms with van der Waals surface area (Å²) >= 11 is 0. The van der Waals surface area contributed by atoms with Crippen LogP contribution >= 0.6 is 0 Å². The number of halogens is 1. The molecule has 20 heavy (non-hydrogen) atoms. The molecule has 1 aromatic rings. The van der Waals surface area contributed by atoms with Gasteiger partial charge in [-0.15, -0.1) is 0 Å². The Kier molecular flexibility index (Phi) is 4.29. The Morgan fingerprint density at radius 1 is 1.60 bits per heavy atom. The molecule has 2 atom stereocenters. The molecule has 1 aliphatic heterocycles. The molecule has 1 amide bonds. The molecule has 0 spiro atoms. The van der Waals surface area contributed by atoms with Crippen molar-refractivity contribution in [2.75, 3.05) is 13.2 Å². The molecule has 0 bridgehead atoms. The van der Waals surface area contributed by atoms with E-state index in [4.69, 9.17) is 4.74 Å². The Morgan fingerprint density at radius 2 is 2.35 bits per heavy atom. The van der Waals surface area contributed by atoms with Crippen LogP contribution in [0.25, 0.3) is 0 Å². The fourth-order valence-corrected chi connectivity index (χ4v) is 2.17. The molecule has 0 radical (unpaired) electrons. The second-order valence-corrected chi connectivity index (χ2v) is 4.76. The summed E-state index contributed by atoms with van der Waals surface area (Å²) in [5.74, 6) is -1.22. The van der Waals surface area contributed by atoms with Crippen LogP contribution in [0.2, 0.25) is 0 Å². The largest absolute Gasteiger partial charge is 0.378 e. The Hall–Kier alpha value is -2.02. The summed E-state index contributed by atoms with van der Waals surface area (Å²) in [5, 5.41) is 13.2. The summed E-state index contributed by atoms with van der Waals surface area (Å²) in [7, 11) is 0. The maximum absolute atomic E-state index is 13.4. The van der Waals surface area contributed by atoms with Crippen molar-refractivity contribution in [1.29, 1.82) is 0 Å². The van der Waals surface area contributed by atoms with E-state index in [-0.39, 0.29) is 17.6 Å². The number of nitrogens with one attached hydrogen (secondary N) is 1. The number of carbonyl (C=O) groups excluding carboxylic acids is 1. The minimum absolute atomic E-state index is 0.0691. The molecule has 2 rings (SSSR count). The molecule has 1 heterocycles. The van der Waals surface area contributed by atoms with E-state index in [0.29, 0.717) is 13.2 Å². The van der Waals surface area contributed by atoms with E-state index >= 15 is 0 Å². The molecule has 2 unspecified atom stereocenters. The predicted molar refractivity (Wildman–Crippen MR) is 68.9 cm³/mol. The number of amides is 1. The summed E-state index contributed by atoms with van der Waals surface area (Å²) in [4.78, 5) is 21.5. The van der Waals surface area contributed by atoms with Gasteiger partial charge in [0.05, 0.1) is 11.0 Å². The van der Waals surface area contributed by atoms with Crippen molar-refractivity contribution in [3.63, 3.8) is 0 Å². The van der Waals surface area contributed by atoms with Crippen LogP contribution in [0.5, 0.6) is 0 Å². The number of ether oxygens (including phenoxy) is 1. The van der Waals surface area contributed by atoms with E-state index in [2.05, 4.69) is 5.32 Å². The van der Waals surface area contributed by atoms with E-state index in [1.807, 2.05) is 6.92 Å². The Bertz CT molecular complexity index is 535. The van der Waals surface area contributed by atoms with Gasteiger partial charge < -0.3 is 10.1 Å². The van der Waals surface area contributed by atoms with Gasteiger partial charge in [-0.25, -0.2) is 0 Å². The molecule has 1 saturated heterocycles. The predicted octanol–water partition coefficient (Wildman–Crippen LogP) is 1.89. The summed E-state index contributed by atoms with van der Waals surface area (Å²) < 4.78 is 18.8. The number of nitro benzene ring substituents is 1. The lowest BCUT2D eigenvalue weighted by molar-refractivity contribution is -0.387. The van der Waals surface area contributed by atoms with Crippen LogP contribution in [-0.4, -0.2) is 30.1 Å². The monoisotopic (exact) mass is 282 g/mol. The van der Waals surface area contributed by atoms with E-state index in [0.717, 1.165) is 18.6 Å². The highest BCUT2D eigenvalue weighted by Crippen LogP contribution is 2.20. The van der Waals surface area contributed by atoms with Gasteiger partial charge in [0.1, 0.15) is 0 Å². The van der Waals surface area contributed by atoms with Crippen molar-refractivity contribution < 1.29 is 18.8 Å². The van der Waals surface area contributed by atoms with Crippen LogP contribution in [-0.2, 0) is 4.74 Å². The van der Waals surface area contributed by atoms with Crippen molar-refractivity contribution in [2.45, 2.75) is 19.4 Å². The number of hydrogen-bond acceptors (Lipinski definition) is 4. The minimum Gasteiger partial charge on any atom is -0.378 e. The van der Waals surface area contributed by atoms with E-state index in [1.165, 1.54) is 6.07 Å². The van der Waals surface area contributed by atoms with Crippen LogP contribution < -0.4 is 5.32 Å². The number of benzene rings is 1. The van der Waals surface area contributed by atoms with E-state index < -0.39 is 22.3 Å². The third kappa shape index (κ3) is 3.11. The maximum atomic E-state index is 13.4. The maximum Gasteiger partial charge on any atom is 0.304 e. The fourth-order valence-electron chi connectivity index (χ4n) is 2.17. The molecular formula is C13H15FN2O4. The molecule has 0 saturated carbocycles. The van der Waals surface area contributed by atoms with Gasteiger partial charge >= 0.3 is 5.69 Å². The van der Waals surface area contributed by atoms with Gasteiger partial charge in [0.25, 0.3) is 5.91 Å². The quantitative estimate of drug-likeness (QED) is 0.675. The summed E-state index contributed by atoms with van der Waals surface area (Å²) in [6, 6.07) is 3.11. The lowest BCUT2D eigenvalue weighted by Crippen LogP contribution is -2.32. The fraction of sp³-hybridized carbons (Fsp3) is 0.462. The molecule has 1 aliphatic rings. The van der Waals surface area contributed by atoms with Crippen LogP contribution in [0.3, 0.4) is 0 Å². The van der Waals surface area contributed by atoms with Gasteiger partial charge in [-0.2, -0.15) is 4.39 Å². The molecular weight excluding hydrogens is 267 g/mol. The SMILES string of the molecule is CC1OCCC1CNC(=O)c1ccc([N+](=O)[O-])c(F)c1. The highest BCUT2D eigenvalue weighted by atomic mass is 19.1. The number of carbonyl (C=O) groups is 1. The first-order chi connectivity index (χ1) is 9.49. The van der Waals surface area contributed by atoms with Crippen molar-refractivity contribution in [3.05, 3.63) is 39.7 Å². The molecule has 0 aromatic heterocycles. The van der Waals surface area contributed by atoms with Crippen molar-refractivity contribution in [2.24, 2.45) is 5.92 Å². The van der Waals surface area contributed by atoms with Gasteiger partial charge in [0, 0.05) is 30.7 Å². The van der Waals surface area contributed by atoms with Gasteiger partial charge in [0.2, 0.25) is 5.82 Å².